The molecule has 3 heterocycles. The van der Waals surface area contributed by atoms with Crippen LogP contribution >= 0.6 is 15.9 Å². The van der Waals surface area contributed by atoms with Gasteiger partial charge in [-0.05, 0) is 29.9 Å². The summed E-state index contributed by atoms with van der Waals surface area (Å²) in [4.78, 5) is 13.9. The summed E-state index contributed by atoms with van der Waals surface area (Å²) in [6.45, 7) is 6.15. The van der Waals surface area contributed by atoms with Crippen LogP contribution in [0.4, 0.5) is 5.82 Å². The molecule has 3 rings (SSSR count). The van der Waals surface area contributed by atoms with E-state index in [1.54, 1.807) is 0 Å². The Morgan fingerprint density at radius 3 is 2.47 bits per heavy atom. The molecule has 1 aliphatic heterocycles. The molecule has 0 aliphatic carbocycles. The lowest BCUT2D eigenvalue weighted by Crippen LogP contribution is -2.45. The van der Waals surface area contributed by atoms with Crippen molar-refractivity contribution in [3.63, 3.8) is 0 Å². The quantitative estimate of drug-likeness (QED) is 0.802. The molecule has 2 aromatic heterocycles. The fourth-order valence-corrected chi connectivity index (χ4v) is 3.22. The fourth-order valence-electron chi connectivity index (χ4n) is 2.55. The number of piperazine rings is 1. The van der Waals surface area contributed by atoms with Gasteiger partial charge in [0.15, 0.2) is 0 Å². The van der Waals surface area contributed by atoms with Gasteiger partial charge >= 0.3 is 0 Å². The Morgan fingerprint density at radius 2 is 1.79 bits per heavy atom. The second-order valence-corrected chi connectivity index (χ2v) is 6.03. The van der Waals surface area contributed by atoms with Crippen molar-refractivity contribution >= 4 is 32.8 Å². The molecule has 0 atom stereocenters. The van der Waals surface area contributed by atoms with Crippen LogP contribution < -0.4 is 4.90 Å². The van der Waals surface area contributed by atoms with Crippen LogP contribution in [0.25, 0.3) is 11.0 Å². The molecule has 0 unspecified atom stereocenters. The summed E-state index contributed by atoms with van der Waals surface area (Å²) < 4.78 is 3.12. The molecule has 5 nitrogen and oxygen atoms in total. The first-order valence-corrected chi connectivity index (χ1v) is 7.28. The summed E-state index contributed by atoms with van der Waals surface area (Å²) in [5, 5.41) is 1.12. The monoisotopic (exact) mass is 323 g/mol. The first kappa shape index (κ1) is 12.9. The van der Waals surface area contributed by atoms with E-state index in [1.807, 2.05) is 18.5 Å². The zero-order chi connectivity index (χ0) is 13.6. The maximum Gasteiger partial charge on any atom is 0.146 e. The number of rotatable bonds is 1. The lowest BCUT2D eigenvalue weighted by molar-refractivity contribution is 0.312. The van der Waals surface area contributed by atoms with Crippen LogP contribution in [0, 0.1) is 6.92 Å². The Labute approximate surface area is 121 Å². The zero-order valence-corrected chi connectivity index (χ0v) is 13.1. The summed E-state index contributed by atoms with van der Waals surface area (Å²) in [6, 6.07) is 0. The molecule has 0 spiro atoms. The van der Waals surface area contributed by atoms with E-state index >= 15 is 0 Å². The van der Waals surface area contributed by atoms with Gasteiger partial charge in [0.2, 0.25) is 0 Å². The number of likely N-dealkylation sites (N-methyl/N-ethyl adjacent to an activating group) is 1. The van der Waals surface area contributed by atoms with Gasteiger partial charge in [0.1, 0.15) is 17.3 Å². The molecule has 0 N–H and O–H groups in total. The molecule has 0 aromatic carbocycles. The van der Waals surface area contributed by atoms with Crippen LogP contribution in [-0.4, -0.2) is 52.7 Å². The van der Waals surface area contributed by atoms with Crippen LogP contribution in [0.5, 0.6) is 0 Å². The van der Waals surface area contributed by atoms with E-state index < -0.39 is 0 Å². The van der Waals surface area contributed by atoms with Crippen molar-refractivity contribution in [3.05, 3.63) is 16.5 Å². The highest BCUT2D eigenvalue weighted by Gasteiger charge is 2.21. The minimum absolute atomic E-state index is 0.829. The van der Waals surface area contributed by atoms with E-state index in [0.29, 0.717) is 0 Å². The van der Waals surface area contributed by atoms with Gasteiger partial charge in [-0.1, -0.05) is 0 Å². The van der Waals surface area contributed by atoms with Gasteiger partial charge in [-0.3, -0.25) is 0 Å². The van der Waals surface area contributed by atoms with Gasteiger partial charge in [0.05, 0.1) is 5.39 Å². The van der Waals surface area contributed by atoms with Crippen LogP contribution in [-0.2, 0) is 7.05 Å². The summed E-state index contributed by atoms with van der Waals surface area (Å²) in [6.07, 6.45) is 2.05. The van der Waals surface area contributed by atoms with E-state index in [0.717, 1.165) is 53.3 Å². The van der Waals surface area contributed by atoms with E-state index in [-0.39, 0.29) is 0 Å². The Bertz CT molecular complexity index is 613. The minimum atomic E-state index is 0.829. The first-order chi connectivity index (χ1) is 9.06. The van der Waals surface area contributed by atoms with Gasteiger partial charge in [0, 0.05) is 43.9 Å². The number of aromatic nitrogens is 3. The van der Waals surface area contributed by atoms with Crippen molar-refractivity contribution in [2.75, 3.05) is 38.1 Å². The van der Waals surface area contributed by atoms with E-state index in [4.69, 9.17) is 0 Å². The molecule has 6 heteroatoms. The van der Waals surface area contributed by atoms with Crippen molar-refractivity contribution in [1.29, 1.82) is 0 Å². The topological polar surface area (TPSA) is 37.2 Å². The lowest BCUT2D eigenvalue weighted by atomic mass is 10.3. The Kier molecular flexibility index (Phi) is 3.22. The van der Waals surface area contributed by atoms with Crippen molar-refractivity contribution in [2.45, 2.75) is 6.92 Å². The first-order valence-electron chi connectivity index (χ1n) is 6.49. The highest BCUT2D eigenvalue weighted by atomic mass is 79.9. The normalized spacial score (nSPS) is 17.4. The van der Waals surface area contributed by atoms with Crippen molar-refractivity contribution in [1.82, 2.24) is 19.4 Å². The molecule has 19 heavy (non-hydrogen) atoms. The molecule has 0 bridgehead atoms. The predicted molar refractivity (Wildman–Crippen MR) is 80.7 cm³/mol. The third kappa shape index (κ3) is 2.23. The van der Waals surface area contributed by atoms with Gasteiger partial charge < -0.3 is 14.4 Å². The zero-order valence-electron chi connectivity index (χ0n) is 11.5. The molecular weight excluding hydrogens is 306 g/mol. The average molecular weight is 324 g/mol. The highest BCUT2D eigenvalue weighted by molar-refractivity contribution is 9.10. The Morgan fingerprint density at radius 1 is 1.11 bits per heavy atom. The van der Waals surface area contributed by atoms with E-state index in [9.17, 15) is 0 Å². The largest absolute Gasteiger partial charge is 0.353 e. The van der Waals surface area contributed by atoms with Gasteiger partial charge in [0.25, 0.3) is 0 Å². The summed E-state index contributed by atoms with van der Waals surface area (Å²) in [5.41, 5.74) is 0.994. The van der Waals surface area contributed by atoms with Crippen molar-refractivity contribution < 1.29 is 0 Å². The predicted octanol–water partition coefficient (Wildman–Crippen LogP) is 1.79. The van der Waals surface area contributed by atoms with Crippen LogP contribution in [0.1, 0.15) is 5.82 Å². The number of hydrogen-bond donors (Lipinski definition) is 0. The number of fused-ring (bicyclic) bond motifs is 1. The summed E-state index contributed by atoms with van der Waals surface area (Å²) in [5.74, 6) is 1.89. The average Bonchev–Trinajstić information content (AvgIpc) is 2.65. The number of anilines is 1. The molecule has 0 amide bonds. The van der Waals surface area contributed by atoms with Gasteiger partial charge in [-0.25, -0.2) is 9.97 Å². The van der Waals surface area contributed by atoms with Crippen molar-refractivity contribution in [3.8, 4) is 0 Å². The SMILES string of the molecule is Cc1nc(N2CCN(C)CC2)c2c(Br)cn(C)c2n1. The molecule has 1 fully saturated rings. The summed E-state index contributed by atoms with van der Waals surface area (Å²) >= 11 is 3.63. The number of halogens is 1. The molecule has 0 saturated carbocycles. The van der Waals surface area contributed by atoms with Gasteiger partial charge in [-0.15, -0.1) is 0 Å². The molecule has 1 saturated heterocycles. The smallest absolute Gasteiger partial charge is 0.146 e. The van der Waals surface area contributed by atoms with Crippen molar-refractivity contribution in [2.24, 2.45) is 7.05 Å². The third-order valence-corrected chi connectivity index (χ3v) is 4.27. The number of nitrogens with zero attached hydrogens (tertiary/aromatic N) is 5. The molecule has 1 aliphatic rings. The van der Waals surface area contributed by atoms with Crippen LogP contribution in [0.2, 0.25) is 0 Å². The summed E-state index contributed by atoms with van der Waals surface area (Å²) in [7, 11) is 4.18. The Balaban J connectivity index is 2.12. The van der Waals surface area contributed by atoms with Crippen LogP contribution in [0.15, 0.2) is 10.7 Å². The maximum absolute atomic E-state index is 4.68. The fraction of sp³-hybridized carbons (Fsp3) is 0.538. The van der Waals surface area contributed by atoms with Crippen LogP contribution in [0.3, 0.4) is 0 Å². The maximum atomic E-state index is 4.68. The Hall–Kier alpha value is -1.14. The molecule has 0 radical (unpaired) electrons. The second kappa shape index (κ2) is 4.76. The molecule has 2 aromatic rings. The molecule has 102 valence electrons. The third-order valence-electron chi connectivity index (χ3n) is 3.67. The van der Waals surface area contributed by atoms with E-state index in [1.165, 1.54) is 0 Å². The lowest BCUT2D eigenvalue weighted by Gasteiger charge is -2.33. The van der Waals surface area contributed by atoms with Gasteiger partial charge in [-0.2, -0.15) is 0 Å². The number of aryl methyl sites for hydroxylation is 2. The second-order valence-electron chi connectivity index (χ2n) is 5.17. The standard InChI is InChI=1S/C13H18BrN5/c1-9-15-12-11(10(14)8-18(12)3)13(16-9)19-6-4-17(2)5-7-19/h8H,4-7H2,1-3H3. The number of hydrogen-bond acceptors (Lipinski definition) is 4. The minimum Gasteiger partial charge on any atom is -0.353 e. The van der Waals surface area contributed by atoms with E-state index in [2.05, 4.69) is 48.9 Å². The molecular formula is C13H18BrN5. The highest BCUT2D eigenvalue weighted by Crippen LogP contribution is 2.32.